The van der Waals surface area contributed by atoms with Crippen molar-refractivity contribution >= 4 is 7.26 Å². The van der Waals surface area contributed by atoms with Gasteiger partial charge in [0.1, 0.15) is 0 Å². The van der Waals surface area contributed by atoms with Gasteiger partial charge in [0.05, 0.1) is 0 Å². The van der Waals surface area contributed by atoms with Crippen LogP contribution in [-0.2, 0) is 0 Å². The van der Waals surface area contributed by atoms with E-state index >= 15 is 0 Å². The molecule has 0 bridgehead atoms. The Bertz CT molecular complexity index is 119. The monoisotopic (exact) mass is 220 g/mol. The van der Waals surface area contributed by atoms with Gasteiger partial charge in [-0.25, -0.2) is 0 Å². The molecule has 82 valence electrons. The second-order valence-corrected chi connectivity index (χ2v) is 6.56. The van der Waals surface area contributed by atoms with Crippen LogP contribution in [0.1, 0.15) is 0 Å². The van der Waals surface area contributed by atoms with Gasteiger partial charge in [-0.2, -0.15) is 0 Å². The van der Waals surface area contributed by atoms with Crippen molar-refractivity contribution in [1.29, 1.82) is 0 Å². The standard InChI is InChI=1S/C4H13O8P/c5-1(6)13(2(7)8,3(9)10)4(11)12/h1-13H. The second-order valence-electron chi connectivity index (χ2n) is 2.49. The Hall–Kier alpha value is 0.110. The fourth-order valence-electron chi connectivity index (χ4n) is 0.800. The van der Waals surface area contributed by atoms with Crippen molar-refractivity contribution in [2.24, 2.45) is 0 Å². The van der Waals surface area contributed by atoms with Crippen LogP contribution in [0.4, 0.5) is 0 Å². The van der Waals surface area contributed by atoms with Gasteiger partial charge in [-0.15, -0.1) is 0 Å². The van der Waals surface area contributed by atoms with E-state index in [0.29, 0.717) is 0 Å². The van der Waals surface area contributed by atoms with Crippen LogP contribution >= 0.6 is 7.26 Å². The first-order valence-electron chi connectivity index (χ1n) is 3.22. The molecule has 8 N–H and O–H groups in total. The predicted molar refractivity (Wildman–Crippen MR) is 41.2 cm³/mol. The zero-order chi connectivity index (χ0) is 10.8. The Labute approximate surface area is 73.3 Å². The second kappa shape index (κ2) is 4.56. The number of rotatable bonds is 4. The maximum absolute atomic E-state index is 8.63. The van der Waals surface area contributed by atoms with Crippen LogP contribution < -0.4 is 0 Å². The molecule has 0 unspecified atom stereocenters. The van der Waals surface area contributed by atoms with E-state index in [2.05, 4.69) is 0 Å². The Kier molecular flexibility index (Phi) is 4.60. The van der Waals surface area contributed by atoms with E-state index < -0.39 is 31.4 Å². The minimum atomic E-state index is -4.66. The molecule has 0 spiro atoms. The molecule has 0 saturated carbocycles. The fraction of sp³-hybridized carbons (Fsp3) is 1.00. The van der Waals surface area contributed by atoms with Crippen molar-refractivity contribution in [3.63, 3.8) is 0 Å². The zero-order valence-corrected chi connectivity index (χ0v) is 7.39. The Morgan fingerprint density at radius 1 is 0.462 bits per heavy atom. The number of aliphatic hydroxyl groups is 8. The van der Waals surface area contributed by atoms with E-state index in [0.717, 1.165) is 0 Å². The maximum atomic E-state index is 8.63. The van der Waals surface area contributed by atoms with Crippen molar-refractivity contribution in [2.75, 3.05) is 0 Å². The van der Waals surface area contributed by atoms with Crippen LogP contribution in [0.3, 0.4) is 0 Å². The average molecular weight is 220 g/mol. The Balaban J connectivity index is 5.06. The summed E-state index contributed by atoms with van der Waals surface area (Å²) in [7, 11) is -4.66. The molecule has 0 radical (unpaired) electrons. The van der Waals surface area contributed by atoms with Gasteiger partial charge in [0.25, 0.3) is 0 Å². The van der Waals surface area contributed by atoms with Gasteiger partial charge in [0.15, 0.2) is 0 Å². The van der Waals surface area contributed by atoms with Gasteiger partial charge in [0.2, 0.25) is 0 Å². The van der Waals surface area contributed by atoms with Crippen LogP contribution in [0.2, 0.25) is 0 Å². The first-order valence-corrected chi connectivity index (χ1v) is 5.53. The molecule has 0 aromatic rings. The van der Waals surface area contributed by atoms with Gasteiger partial charge >= 0.3 is 72.2 Å². The van der Waals surface area contributed by atoms with E-state index in [-0.39, 0.29) is 0 Å². The van der Waals surface area contributed by atoms with Crippen molar-refractivity contribution < 1.29 is 40.9 Å². The zero-order valence-electron chi connectivity index (χ0n) is 6.39. The van der Waals surface area contributed by atoms with Crippen LogP contribution in [-0.4, -0.2) is 65.0 Å². The summed E-state index contributed by atoms with van der Waals surface area (Å²) in [6.45, 7) is 0. The Morgan fingerprint density at radius 2 is 0.615 bits per heavy atom. The third-order valence-electron chi connectivity index (χ3n) is 1.79. The first-order chi connectivity index (χ1) is 5.77. The first kappa shape index (κ1) is 13.1. The molecule has 0 aliphatic carbocycles. The van der Waals surface area contributed by atoms with Crippen LogP contribution in [0, 0.1) is 0 Å². The summed E-state index contributed by atoms with van der Waals surface area (Å²) in [4.78, 5) is 0. The molecule has 0 fully saturated rings. The SMILES string of the molecule is OC(O)[PH](C(O)O)(C(O)O)C(O)O. The van der Waals surface area contributed by atoms with Gasteiger partial charge in [-0.3, -0.25) is 0 Å². The summed E-state index contributed by atoms with van der Waals surface area (Å²) in [6, 6.07) is -10.4. The minimum absolute atomic E-state index is 2.59. The van der Waals surface area contributed by atoms with Gasteiger partial charge in [-0.1, -0.05) is 0 Å². The predicted octanol–water partition coefficient (Wildman–Crippen LogP) is -4.19. The number of hydrogen-bond acceptors (Lipinski definition) is 8. The molecule has 8 nitrogen and oxygen atoms in total. The van der Waals surface area contributed by atoms with Gasteiger partial charge in [0, 0.05) is 0 Å². The topological polar surface area (TPSA) is 162 Å². The van der Waals surface area contributed by atoms with Gasteiger partial charge in [-0.05, 0) is 0 Å². The molecular formula is C4H13O8P. The van der Waals surface area contributed by atoms with Crippen molar-refractivity contribution in [1.82, 2.24) is 0 Å². The van der Waals surface area contributed by atoms with Crippen molar-refractivity contribution in [3.8, 4) is 0 Å². The fourth-order valence-corrected chi connectivity index (χ4v) is 2.40. The molecular weight excluding hydrogens is 207 g/mol. The van der Waals surface area contributed by atoms with Crippen LogP contribution in [0.25, 0.3) is 0 Å². The summed E-state index contributed by atoms with van der Waals surface area (Å²) in [6.07, 6.45) is 0. The molecule has 0 atom stereocenters. The molecule has 0 amide bonds. The molecule has 0 saturated heterocycles. The van der Waals surface area contributed by atoms with E-state index in [4.69, 9.17) is 40.9 Å². The summed E-state index contributed by atoms with van der Waals surface area (Å²) < 4.78 is 0. The van der Waals surface area contributed by atoms with E-state index in [9.17, 15) is 0 Å². The molecule has 0 aliphatic rings. The average Bonchev–Trinajstić information content (AvgIpc) is 1.82. The van der Waals surface area contributed by atoms with E-state index in [1.54, 1.807) is 0 Å². The molecule has 0 aromatic carbocycles. The molecule has 0 heterocycles. The summed E-state index contributed by atoms with van der Waals surface area (Å²) in [5.41, 5.74) is 0. The van der Waals surface area contributed by atoms with Crippen molar-refractivity contribution in [2.45, 2.75) is 24.1 Å². The van der Waals surface area contributed by atoms with E-state index in [1.807, 2.05) is 0 Å². The normalized spacial score (nSPS) is 15.1. The molecule has 9 heteroatoms. The third-order valence-corrected chi connectivity index (χ3v) is 5.37. The number of aliphatic hydroxyl groups excluding tert-OH is 4. The quantitative estimate of drug-likeness (QED) is 0.175. The molecule has 0 rings (SSSR count). The molecule has 0 aliphatic heterocycles. The molecule has 0 aromatic heterocycles. The van der Waals surface area contributed by atoms with Gasteiger partial charge < -0.3 is 0 Å². The Morgan fingerprint density at radius 3 is 0.615 bits per heavy atom. The van der Waals surface area contributed by atoms with Crippen LogP contribution in [0.5, 0.6) is 0 Å². The summed E-state index contributed by atoms with van der Waals surface area (Å²) in [5.74, 6) is 0. The van der Waals surface area contributed by atoms with Crippen molar-refractivity contribution in [3.05, 3.63) is 0 Å². The molecule has 13 heavy (non-hydrogen) atoms. The van der Waals surface area contributed by atoms with Crippen LogP contribution in [0.15, 0.2) is 0 Å². The van der Waals surface area contributed by atoms with E-state index in [1.165, 1.54) is 0 Å². The number of hydrogen-bond donors (Lipinski definition) is 8. The summed E-state index contributed by atoms with van der Waals surface area (Å²) >= 11 is 0. The third kappa shape index (κ3) is 2.13. The summed E-state index contributed by atoms with van der Waals surface area (Å²) in [5, 5.41) is 69.0.